The summed E-state index contributed by atoms with van der Waals surface area (Å²) in [6.07, 6.45) is -0.118. The Morgan fingerprint density at radius 2 is 2.58 bits per heavy atom. The highest BCUT2D eigenvalue weighted by Crippen LogP contribution is 2.08. The van der Waals surface area contributed by atoms with E-state index in [1.807, 2.05) is 6.92 Å². The van der Waals surface area contributed by atoms with Crippen LogP contribution in [0.25, 0.3) is 0 Å². The number of rotatable bonds is 3. The van der Waals surface area contributed by atoms with Crippen molar-refractivity contribution in [2.24, 2.45) is 0 Å². The third-order valence-electron chi connectivity index (χ3n) is 1.74. The van der Waals surface area contributed by atoms with Gasteiger partial charge in [-0.3, -0.25) is 9.59 Å². The van der Waals surface area contributed by atoms with Crippen LogP contribution in [0.2, 0.25) is 0 Å². The van der Waals surface area contributed by atoms with Crippen LogP contribution in [0.1, 0.15) is 21.1 Å². The lowest BCUT2D eigenvalue weighted by Gasteiger charge is -2.13. The van der Waals surface area contributed by atoms with Gasteiger partial charge in [0.05, 0.1) is 6.54 Å². The minimum Gasteiger partial charge on any atom is -0.355 e. The number of carbonyl (C=O) groups excluding carboxylic acids is 2. The molecule has 4 nitrogen and oxygen atoms in total. The highest BCUT2D eigenvalue weighted by molar-refractivity contribution is 5.85. The van der Waals surface area contributed by atoms with Gasteiger partial charge in [0.2, 0.25) is 11.8 Å². The first-order valence-electron chi connectivity index (χ1n) is 4.70. The van der Waals surface area contributed by atoms with Crippen LogP contribution >= 0.6 is 0 Å². The second-order valence-corrected chi connectivity index (χ2v) is 2.71. The minimum absolute atomic E-state index is 0.0993. The average Bonchev–Trinajstić information content (AvgIpc) is 2.37. The van der Waals surface area contributed by atoms with Gasteiger partial charge in [-0.05, 0) is 13.3 Å². The normalized spacial score (nSPS) is 24.1. The molecule has 1 aliphatic heterocycles. The van der Waals surface area contributed by atoms with Crippen LogP contribution in [0.4, 0.5) is 0 Å². The fourth-order valence-electron chi connectivity index (χ4n) is 1.17. The van der Waals surface area contributed by atoms with E-state index in [1.165, 1.54) is 4.90 Å². The number of carbonyl (C=O) groups is 2. The van der Waals surface area contributed by atoms with Gasteiger partial charge in [-0.25, -0.2) is 0 Å². The molecule has 0 radical (unpaired) electrons. The molecule has 2 amide bonds. The predicted molar refractivity (Wildman–Crippen MR) is 44.5 cm³/mol. The lowest BCUT2D eigenvalue weighted by atomic mass is 10.4. The van der Waals surface area contributed by atoms with Crippen LogP contribution in [0.15, 0.2) is 0 Å². The van der Waals surface area contributed by atoms with E-state index in [-0.39, 0.29) is 18.4 Å². The van der Waals surface area contributed by atoms with Gasteiger partial charge >= 0.3 is 0 Å². The van der Waals surface area contributed by atoms with Crippen LogP contribution in [0, 0.1) is 0 Å². The van der Waals surface area contributed by atoms with Crippen molar-refractivity contribution in [3.8, 4) is 0 Å². The summed E-state index contributed by atoms with van der Waals surface area (Å²) in [5.74, 6) is -0.379. The number of likely N-dealkylation sites (N-methyl/N-ethyl adjacent to an activating group) is 1. The largest absolute Gasteiger partial charge is 0.355 e. The molecule has 1 rings (SSSR count). The molecule has 1 heterocycles. The standard InChI is InChI=1S/C8H14N2O2/c1-2-9-7(11)6-10-5-3-4-8(10)12/h2-6H2,1H3,(H,9,11)/i4D. The van der Waals surface area contributed by atoms with E-state index >= 15 is 0 Å². The molecule has 1 unspecified atom stereocenters. The number of hydrogen-bond acceptors (Lipinski definition) is 2. The Kier molecular flexibility index (Phi) is 2.58. The van der Waals surface area contributed by atoms with Crippen molar-refractivity contribution < 1.29 is 11.0 Å². The van der Waals surface area contributed by atoms with Crippen molar-refractivity contribution in [3.63, 3.8) is 0 Å². The van der Waals surface area contributed by atoms with Crippen molar-refractivity contribution in [1.29, 1.82) is 0 Å². The number of hydrogen-bond donors (Lipinski definition) is 1. The zero-order valence-corrected chi connectivity index (χ0v) is 7.17. The van der Waals surface area contributed by atoms with Crippen LogP contribution in [-0.4, -0.2) is 36.3 Å². The quantitative estimate of drug-likeness (QED) is 0.636. The Hall–Kier alpha value is -1.06. The van der Waals surface area contributed by atoms with Crippen molar-refractivity contribution in [3.05, 3.63) is 0 Å². The molecule has 1 atom stereocenters. The molecule has 1 aliphatic rings. The highest BCUT2D eigenvalue weighted by Gasteiger charge is 2.21. The Balaban J connectivity index is 2.38. The average molecular weight is 171 g/mol. The zero-order valence-electron chi connectivity index (χ0n) is 8.17. The fourth-order valence-corrected chi connectivity index (χ4v) is 1.17. The molecule has 0 aliphatic carbocycles. The summed E-state index contributed by atoms with van der Waals surface area (Å²) < 4.78 is 7.29. The Labute approximate surface area is 73.3 Å². The lowest BCUT2D eigenvalue weighted by molar-refractivity contribution is -0.133. The smallest absolute Gasteiger partial charge is 0.239 e. The molecular weight excluding hydrogens is 156 g/mol. The Morgan fingerprint density at radius 3 is 3.08 bits per heavy atom. The highest BCUT2D eigenvalue weighted by atomic mass is 16.2. The molecule has 1 N–H and O–H groups in total. The van der Waals surface area contributed by atoms with Crippen molar-refractivity contribution >= 4 is 11.8 Å². The van der Waals surface area contributed by atoms with E-state index in [0.29, 0.717) is 19.5 Å². The summed E-state index contributed by atoms with van der Waals surface area (Å²) in [6.45, 7) is 3.04. The zero-order chi connectivity index (χ0) is 9.84. The van der Waals surface area contributed by atoms with Crippen molar-refractivity contribution in [2.45, 2.75) is 19.7 Å². The second kappa shape index (κ2) is 4.09. The first-order chi connectivity index (χ1) is 6.15. The number of nitrogens with one attached hydrogen (secondary N) is 1. The number of nitrogens with zero attached hydrogens (tertiary/aromatic N) is 1. The summed E-state index contributed by atoms with van der Waals surface area (Å²) in [5.41, 5.74) is 0. The van der Waals surface area contributed by atoms with Gasteiger partial charge in [0.15, 0.2) is 0 Å². The molecule has 0 aromatic heterocycles. The maximum atomic E-state index is 11.2. The number of likely N-dealkylation sites (tertiary alicyclic amines) is 1. The topological polar surface area (TPSA) is 49.4 Å². The Bertz CT molecular complexity index is 220. The van der Waals surface area contributed by atoms with Gasteiger partial charge in [-0.1, -0.05) is 0 Å². The lowest BCUT2D eigenvalue weighted by Crippen LogP contribution is -2.37. The van der Waals surface area contributed by atoms with E-state index in [9.17, 15) is 9.59 Å². The predicted octanol–water partition coefficient (Wildman–Crippen LogP) is -0.255. The molecule has 68 valence electrons. The first-order valence-corrected chi connectivity index (χ1v) is 4.13. The summed E-state index contributed by atoms with van der Waals surface area (Å²) in [6, 6.07) is 0. The molecule has 0 bridgehead atoms. The summed E-state index contributed by atoms with van der Waals surface area (Å²) in [5, 5.41) is 2.61. The maximum absolute atomic E-state index is 11.2. The second-order valence-electron chi connectivity index (χ2n) is 2.71. The SMILES string of the molecule is [2H]C1CCN(CC(=O)NCC)C1=O. The van der Waals surface area contributed by atoms with E-state index in [0.717, 1.165) is 0 Å². The minimum atomic E-state index is -0.658. The van der Waals surface area contributed by atoms with Gasteiger partial charge in [0.1, 0.15) is 0 Å². The van der Waals surface area contributed by atoms with E-state index in [4.69, 9.17) is 1.37 Å². The summed E-state index contributed by atoms with van der Waals surface area (Å²) >= 11 is 0. The van der Waals surface area contributed by atoms with Crippen LogP contribution in [-0.2, 0) is 9.59 Å². The van der Waals surface area contributed by atoms with Crippen molar-refractivity contribution in [2.75, 3.05) is 19.6 Å². The maximum Gasteiger partial charge on any atom is 0.239 e. The van der Waals surface area contributed by atoms with Gasteiger partial charge in [0, 0.05) is 20.9 Å². The van der Waals surface area contributed by atoms with Crippen LogP contribution in [0.5, 0.6) is 0 Å². The van der Waals surface area contributed by atoms with E-state index in [1.54, 1.807) is 0 Å². The number of amides is 2. The van der Waals surface area contributed by atoms with Crippen LogP contribution < -0.4 is 5.32 Å². The molecule has 4 heteroatoms. The Morgan fingerprint density at radius 1 is 1.83 bits per heavy atom. The summed E-state index contributed by atoms with van der Waals surface area (Å²) in [7, 11) is 0. The molecule has 0 spiro atoms. The van der Waals surface area contributed by atoms with Crippen molar-refractivity contribution in [1.82, 2.24) is 10.2 Å². The monoisotopic (exact) mass is 171 g/mol. The third kappa shape index (κ3) is 2.22. The summed E-state index contributed by atoms with van der Waals surface area (Å²) in [4.78, 5) is 23.7. The molecule has 0 aromatic carbocycles. The van der Waals surface area contributed by atoms with E-state index < -0.39 is 6.40 Å². The molecule has 1 fully saturated rings. The first kappa shape index (κ1) is 7.58. The van der Waals surface area contributed by atoms with Gasteiger partial charge < -0.3 is 10.2 Å². The molecule has 0 saturated carbocycles. The van der Waals surface area contributed by atoms with Gasteiger partial charge in [-0.15, -0.1) is 0 Å². The van der Waals surface area contributed by atoms with Crippen LogP contribution in [0.3, 0.4) is 0 Å². The van der Waals surface area contributed by atoms with Gasteiger partial charge in [0.25, 0.3) is 0 Å². The van der Waals surface area contributed by atoms with E-state index in [2.05, 4.69) is 5.32 Å². The molecule has 12 heavy (non-hydrogen) atoms. The molecule has 0 aromatic rings. The molecular formula is C8H14N2O2. The molecule has 1 saturated heterocycles. The van der Waals surface area contributed by atoms with Gasteiger partial charge in [-0.2, -0.15) is 0 Å². The third-order valence-corrected chi connectivity index (χ3v) is 1.74. The fraction of sp³-hybridized carbons (Fsp3) is 0.750.